The van der Waals surface area contributed by atoms with E-state index in [9.17, 15) is 9.18 Å². The lowest BCUT2D eigenvalue weighted by atomic mass is 10.0. The zero-order chi connectivity index (χ0) is 20.1. The summed E-state index contributed by atoms with van der Waals surface area (Å²) in [5.41, 5.74) is 2.03. The predicted molar refractivity (Wildman–Crippen MR) is 108 cm³/mol. The van der Waals surface area contributed by atoms with Gasteiger partial charge in [-0.15, -0.1) is 5.10 Å². The molecule has 4 rings (SSSR count). The Balaban J connectivity index is 1.33. The molecular formula is C22H24FN5O. The summed E-state index contributed by atoms with van der Waals surface area (Å²) in [4.78, 5) is 15.0. The summed E-state index contributed by atoms with van der Waals surface area (Å²) < 4.78 is 15.3. The van der Waals surface area contributed by atoms with Crippen molar-refractivity contribution in [2.24, 2.45) is 0 Å². The van der Waals surface area contributed by atoms with Crippen LogP contribution in [0.15, 0.2) is 60.8 Å². The smallest absolute Gasteiger partial charge is 0.273 e. The summed E-state index contributed by atoms with van der Waals surface area (Å²) in [5, 5.41) is 11.0. The molecule has 6 nitrogen and oxygen atoms in total. The number of likely N-dealkylation sites (tertiary alicyclic amines) is 1. The lowest BCUT2D eigenvalue weighted by molar-refractivity contribution is 0.0895. The molecule has 1 saturated heterocycles. The first kappa shape index (κ1) is 19.3. The molecule has 2 aromatic carbocycles. The SMILES string of the molecule is O=C(NC1CCCN(Cc2ccccc2)C1)c1cn(Cc2ccccc2F)nn1. The molecule has 0 spiro atoms. The van der Waals surface area contributed by atoms with E-state index in [4.69, 9.17) is 0 Å². The minimum atomic E-state index is -0.297. The Labute approximate surface area is 169 Å². The fraction of sp³-hybridized carbons (Fsp3) is 0.318. The number of carbonyl (C=O) groups excluding carboxylic acids is 1. The molecule has 1 fully saturated rings. The van der Waals surface area contributed by atoms with Gasteiger partial charge in [-0.2, -0.15) is 0 Å². The zero-order valence-electron chi connectivity index (χ0n) is 16.2. The molecule has 2 heterocycles. The second-order valence-corrected chi connectivity index (χ2v) is 7.43. The van der Waals surface area contributed by atoms with Crippen LogP contribution in [-0.2, 0) is 13.1 Å². The van der Waals surface area contributed by atoms with E-state index in [1.165, 1.54) is 16.3 Å². The van der Waals surface area contributed by atoms with Gasteiger partial charge in [0.2, 0.25) is 0 Å². The van der Waals surface area contributed by atoms with Gasteiger partial charge in [0, 0.05) is 24.7 Å². The first-order valence-electron chi connectivity index (χ1n) is 9.88. The molecular weight excluding hydrogens is 369 g/mol. The maximum atomic E-state index is 13.8. The molecule has 1 aliphatic heterocycles. The first-order valence-corrected chi connectivity index (χ1v) is 9.88. The van der Waals surface area contributed by atoms with Crippen molar-refractivity contribution >= 4 is 5.91 Å². The van der Waals surface area contributed by atoms with E-state index in [1.54, 1.807) is 24.4 Å². The van der Waals surface area contributed by atoms with Crippen LogP contribution in [0.1, 0.15) is 34.5 Å². The Morgan fingerprint density at radius 2 is 1.90 bits per heavy atom. The number of piperidine rings is 1. The minimum absolute atomic E-state index is 0.0803. The molecule has 0 aliphatic carbocycles. The van der Waals surface area contributed by atoms with E-state index >= 15 is 0 Å². The molecule has 1 aromatic heterocycles. The van der Waals surface area contributed by atoms with Crippen LogP contribution in [0, 0.1) is 5.82 Å². The summed E-state index contributed by atoms with van der Waals surface area (Å²) in [6.07, 6.45) is 3.55. The van der Waals surface area contributed by atoms with Crippen LogP contribution in [0.2, 0.25) is 0 Å². The fourth-order valence-electron chi connectivity index (χ4n) is 3.70. The van der Waals surface area contributed by atoms with Crippen LogP contribution in [0.25, 0.3) is 0 Å². The van der Waals surface area contributed by atoms with Crippen molar-refractivity contribution in [3.63, 3.8) is 0 Å². The Bertz CT molecular complexity index is 959. The molecule has 1 N–H and O–H groups in total. The number of carbonyl (C=O) groups is 1. The summed E-state index contributed by atoms with van der Waals surface area (Å²) in [7, 11) is 0. The number of aromatic nitrogens is 3. The molecule has 0 bridgehead atoms. The number of hydrogen-bond acceptors (Lipinski definition) is 4. The number of amides is 1. The quantitative estimate of drug-likeness (QED) is 0.700. The highest BCUT2D eigenvalue weighted by molar-refractivity contribution is 5.92. The van der Waals surface area contributed by atoms with Gasteiger partial charge in [-0.05, 0) is 31.0 Å². The number of benzene rings is 2. The monoisotopic (exact) mass is 393 g/mol. The Morgan fingerprint density at radius 1 is 1.10 bits per heavy atom. The minimum Gasteiger partial charge on any atom is -0.347 e. The van der Waals surface area contributed by atoms with Gasteiger partial charge in [-0.1, -0.05) is 53.7 Å². The molecule has 1 unspecified atom stereocenters. The third-order valence-electron chi connectivity index (χ3n) is 5.15. The van der Waals surface area contributed by atoms with E-state index in [2.05, 4.69) is 32.7 Å². The van der Waals surface area contributed by atoms with Gasteiger partial charge in [0.05, 0.1) is 12.7 Å². The molecule has 29 heavy (non-hydrogen) atoms. The van der Waals surface area contributed by atoms with Crippen molar-refractivity contribution in [2.45, 2.75) is 32.0 Å². The molecule has 150 valence electrons. The number of rotatable bonds is 6. The maximum absolute atomic E-state index is 13.8. The lowest BCUT2D eigenvalue weighted by Crippen LogP contribution is -2.47. The predicted octanol–water partition coefficient (Wildman–Crippen LogP) is 2.86. The molecule has 1 amide bonds. The largest absolute Gasteiger partial charge is 0.347 e. The van der Waals surface area contributed by atoms with Crippen molar-refractivity contribution in [1.29, 1.82) is 0 Å². The van der Waals surface area contributed by atoms with Crippen molar-refractivity contribution in [1.82, 2.24) is 25.2 Å². The molecule has 3 aromatic rings. The van der Waals surface area contributed by atoms with Gasteiger partial charge in [0.1, 0.15) is 5.82 Å². The van der Waals surface area contributed by atoms with Crippen LogP contribution in [-0.4, -0.2) is 44.9 Å². The highest BCUT2D eigenvalue weighted by Crippen LogP contribution is 2.14. The van der Waals surface area contributed by atoms with E-state index in [0.717, 1.165) is 32.5 Å². The summed E-state index contributed by atoms with van der Waals surface area (Å²) in [6.45, 7) is 2.96. The van der Waals surface area contributed by atoms with E-state index in [0.29, 0.717) is 5.56 Å². The number of nitrogens with one attached hydrogen (secondary N) is 1. The van der Waals surface area contributed by atoms with E-state index in [1.807, 2.05) is 18.2 Å². The first-order chi connectivity index (χ1) is 14.2. The number of hydrogen-bond donors (Lipinski definition) is 1. The van der Waals surface area contributed by atoms with Gasteiger partial charge < -0.3 is 5.32 Å². The van der Waals surface area contributed by atoms with Crippen molar-refractivity contribution in [3.8, 4) is 0 Å². The van der Waals surface area contributed by atoms with Crippen LogP contribution in [0.3, 0.4) is 0 Å². The summed E-state index contributed by atoms with van der Waals surface area (Å²) in [5.74, 6) is -0.536. The van der Waals surface area contributed by atoms with E-state index < -0.39 is 0 Å². The van der Waals surface area contributed by atoms with Crippen molar-refractivity contribution in [3.05, 3.63) is 83.4 Å². The van der Waals surface area contributed by atoms with Gasteiger partial charge in [-0.3, -0.25) is 9.69 Å². The Morgan fingerprint density at radius 3 is 2.72 bits per heavy atom. The van der Waals surface area contributed by atoms with Crippen LogP contribution < -0.4 is 5.32 Å². The van der Waals surface area contributed by atoms with Gasteiger partial charge in [0.15, 0.2) is 5.69 Å². The van der Waals surface area contributed by atoms with Crippen molar-refractivity contribution in [2.75, 3.05) is 13.1 Å². The van der Waals surface area contributed by atoms with Gasteiger partial charge in [-0.25, -0.2) is 9.07 Å². The maximum Gasteiger partial charge on any atom is 0.273 e. The van der Waals surface area contributed by atoms with Crippen LogP contribution >= 0.6 is 0 Å². The third kappa shape index (κ3) is 5.06. The average molecular weight is 393 g/mol. The topological polar surface area (TPSA) is 63.1 Å². The normalized spacial score (nSPS) is 17.2. The van der Waals surface area contributed by atoms with Gasteiger partial charge >= 0.3 is 0 Å². The van der Waals surface area contributed by atoms with Gasteiger partial charge in [0.25, 0.3) is 5.91 Å². The molecule has 0 radical (unpaired) electrons. The molecule has 0 saturated carbocycles. The molecule has 1 aliphatic rings. The lowest BCUT2D eigenvalue weighted by Gasteiger charge is -2.33. The summed E-state index contributed by atoms with van der Waals surface area (Å²) in [6, 6.07) is 16.9. The van der Waals surface area contributed by atoms with E-state index in [-0.39, 0.29) is 30.0 Å². The van der Waals surface area contributed by atoms with Crippen molar-refractivity contribution < 1.29 is 9.18 Å². The molecule has 7 heteroatoms. The second kappa shape index (κ2) is 8.96. The Kier molecular flexibility index (Phi) is 5.95. The van der Waals surface area contributed by atoms with Crippen LogP contribution in [0.4, 0.5) is 4.39 Å². The molecule has 1 atom stereocenters. The standard InChI is InChI=1S/C22H24FN5O/c23-20-11-5-4-9-18(20)14-28-16-21(25-26-28)22(29)24-19-10-6-12-27(15-19)13-17-7-2-1-3-8-17/h1-5,7-9,11,16,19H,6,10,12-15H2,(H,24,29). The number of halogens is 1. The number of nitrogens with zero attached hydrogens (tertiary/aromatic N) is 4. The average Bonchev–Trinajstić information content (AvgIpc) is 3.20. The summed E-state index contributed by atoms with van der Waals surface area (Å²) >= 11 is 0. The highest BCUT2D eigenvalue weighted by Gasteiger charge is 2.23. The third-order valence-corrected chi connectivity index (χ3v) is 5.15. The second-order valence-electron chi connectivity index (χ2n) is 7.43. The Hall–Kier alpha value is -3.06. The highest BCUT2D eigenvalue weighted by atomic mass is 19.1. The zero-order valence-corrected chi connectivity index (χ0v) is 16.2. The fourth-order valence-corrected chi connectivity index (χ4v) is 3.70. The van der Waals surface area contributed by atoms with Crippen LogP contribution in [0.5, 0.6) is 0 Å².